The molecule has 96 valence electrons. The second-order valence-corrected chi connectivity index (χ2v) is 4.23. The van der Waals surface area contributed by atoms with Gasteiger partial charge in [-0.25, -0.2) is 4.79 Å². The third kappa shape index (κ3) is 3.96. The van der Waals surface area contributed by atoms with Crippen molar-refractivity contribution in [2.75, 3.05) is 12.4 Å². The van der Waals surface area contributed by atoms with Gasteiger partial charge in [0.05, 0.1) is 17.6 Å². The maximum absolute atomic E-state index is 11.4. The molecule has 0 saturated carbocycles. The highest BCUT2D eigenvalue weighted by molar-refractivity contribution is 9.09. The minimum absolute atomic E-state index is 0.128. The molecule has 0 heterocycles. The van der Waals surface area contributed by atoms with Crippen LogP contribution < -0.4 is 0 Å². The first-order chi connectivity index (χ1) is 8.58. The summed E-state index contributed by atoms with van der Waals surface area (Å²) in [6.45, 7) is 0. The molecular formula is C12H12BrNO4. The van der Waals surface area contributed by atoms with E-state index in [9.17, 15) is 14.9 Å². The molecule has 0 aliphatic carbocycles. The van der Waals surface area contributed by atoms with Gasteiger partial charge in [0.25, 0.3) is 5.69 Å². The van der Waals surface area contributed by atoms with Crippen LogP contribution in [0.2, 0.25) is 0 Å². The summed E-state index contributed by atoms with van der Waals surface area (Å²) in [4.78, 5) is 21.6. The van der Waals surface area contributed by atoms with E-state index in [0.717, 1.165) is 11.8 Å². The molecule has 0 unspecified atom stereocenters. The molecule has 0 bridgehead atoms. The molecule has 0 saturated heterocycles. The SMILES string of the molecule is COC(=O)c1cc(C=CCCBr)cc([N+](=O)[O-])c1. The number of halogens is 1. The van der Waals surface area contributed by atoms with Crippen molar-refractivity contribution < 1.29 is 14.5 Å². The summed E-state index contributed by atoms with van der Waals surface area (Å²) >= 11 is 3.28. The van der Waals surface area contributed by atoms with E-state index >= 15 is 0 Å². The number of carbonyl (C=O) groups excluding carboxylic acids is 1. The van der Waals surface area contributed by atoms with Crippen LogP contribution in [-0.4, -0.2) is 23.3 Å². The Labute approximate surface area is 113 Å². The summed E-state index contributed by atoms with van der Waals surface area (Å²) in [6, 6.07) is 4.17. The third-order valence-corrected chi connectivity index (χ3v) is 2.62. The van der Waals surface area contributed by atoms with Crippen molar-refractivity contribution in [3.05, 3.63) is 45.5 Å². The van der Waals surface area contributed by atoms with Crippen molar-refractivity contribution in [1.82, 2.24) is 0 Å². The quantitative estimate of drug-likeness (QED) is 0.362. The predicted octanol–water partition coefficient (Wildman–Crippen LogP) is 3.18. The van der Waals surface area contributed by atoms with E-state index in [-0.39, 0.29) is 11.3 Å². The van der Waals surface area contributed by atoms with Gasteiger partial charge in [0.2, 0.25) is 0 Å². The number of non-ortho nitro benzene ring substituents is 1. The van der Waals surface area contributed by atoms with Crippen molar-refractivity contribution in [2.24, 2.45) is 0 Å². The molecule has 0 fully saturated rings. The lowest BCUT2D eigenvalue weighted by Gasteiger charge is -2.01. The molecule has 1 aromatic rings. The zero-order valence-corrected chi connectivity index (χ0v) is 11.3. The van der Waals surface area contributed by atoms with Crippen LogP contribution in [0.4, 0.5) is 5.69 Å². The summed E-state index contributed by atoms with van der Waals surface area (Å²) < 4.78 is 4.56. The Hall–Kier alpha value is -1.69. The summed E-state index contributed by atoms with van der Waals surface area (Å²) in [5.74, 6) is -0.589. The average Bonchev–Trinajstić information content (AvgIpc) is 2.37. The lowest BCUT2D eigenvalue weighted by Crippen LogP contribution is -2.02. The summed E-state index contributed by atoms with van der Waals surface area (Å²) in [5.41, 5.74) is 0.645. The topological polar surface area (TPSA) is 69.4 Å². The molecule has 5 nitrogen and oxygen atoms in total. The lowest BCUT2D eigenvalue weighted by molar-refractivity contribution is -0.384. The van der Waals surface area contributed by atoms with E-state index in [1.54, 1.807) is 12.1 Å². The molecule has 0 N–H and O–H groups in total. The lowest BCUT2D eigenvalue weighted by atomic mass is 10.1. The summed E-state index contributed by atoms with van der Waals surface area (Å²) in [7, 11) is 1.24. The number of allylic oxidation sites excluding steroid dienone is 1. The molecule has 0 aliphatic rings. The normalized spacial score (nSPS) is 10.6. The van der Waals surface area contributed by atoms with Gasteiger partial charge in [-0.3, -0.25) is 10.1 Å². The standard InChI is InChI=1S/C12H12BrNO4/c1-18-12(15)10-6-9(4-2-3-5-13)7-11(8-10)14(16)17/h2,4,6-8H,3,5H2,1H3. The second-order valence-electron chi connectivity index (χ2n) is 3.44. The minimum Gasteiger partial charge on any atom is -0.465 e. The third-order valence-electron chi connectivity index (χ3n) is 2.16. The molecule has 6 heteroatoms. The van der Waals surface area contributed by atoms with Gasteiger partial charge in [0.15, 0.2) is 0 Å². The largest absolute Gasteiger partial charge is 0.465 e. The van der Waals surface area contributed by atoms with Gasteiger partial charge in [-0.15, -0.1) is 0 Å². The van der Waals surface area contributed by atoms with Crippen molar-refractivity contribution in [3.8, 4) is 0 Å². The van der Waals surface area contributed by atoms with Crippen LogP contribution in [0.3, 0.4) is 0 Å². The maximum Gasteiger partial charge on any atom is 0.338 e. The van der Waals surface area contributed by atoms with Crippen LogP contribution in [0.25, 0.3) is 6.08 Å². The van der Waals surface area contributed by atoms with Crippen LogP contribution in [0.5, 0.6) is 0 Å². The first-order valence-corrected chi connectivity index (χ1v) is 6.31. The van der Waals surface area contributed by atoms with Crippen LogP contribution in [0.1, 0.15) is 22.3 Å². The Morgan fingerprint density at radius 2 is 2.22 bits per heavy atom. The fraction of sp³-hybridized carbons (Fsp3) is 0.250. The number of carbonyl (C=O) groups is 1. The number of nitro benzene ring substituents is 1. The van der Waals surface area contributed by atoms with E-state index in [2.05, 4.69) is 20.7 Å². The van der Waals surface area contributed by atoms with E-state index < -0.39 is 10.9 Å². The number of rotatable bonds is 5. The number of ether oxygens (including phenoxy) is 1. The van der Waals surface area contributed by atoms with Crippen LogP contribution in [-0.2, 0) is 4.74 Å². The molecule has 0 spiro atoms. The van der Waals surface area contributed by atoms with Crippen LogP contribution >= 0.6 is 15.9 Å². The van der Waals surface area contributed by atoms with Gasteiger partial charge in [-0.05, 0) is 18.1 Å². The molecule has 0 aromatic heterocycles. The molecule has 1 rings (SSSR count). The van der Waals surface area contributed by atoms with Gasteiger partial charge < -0.3 is 4.74 Å². The van der Waals surface area contributed by atoms with E-state index in [4.69, 9.17) is 0 Å². The first kappa shape index (κ1) is 14.4. The fourth-order valence-corrected chi connectivity index (χ4v) is 1.62. The minimum atomic E-state index is -0.589. The number of hydrogen-bond donors (Lipinski definition) is 0. The monoisotopic (exact) mass is 313 g/mol. The van der Waals surface area contributed by atoms with Gasteiger partial charge in [-0.1, -0.05) is 28.1 Å². The molecule has 0 amide bonds. The average molecular weight is 314 g/mol. The highest BCUT2D eigenvalue weighted by atomic mass is 79.9. The van der Waals surface area contributed by atoms with Crippen molar-refractivity contribution in [1.29, 1.82) is 0 Å². The summed E-state index contributed by atoms with van der Waals surface area (Å²) in [5, 5.41) is 11.6. The Bertz CT molecular complexity index is 485. The van der Waals surface area contributed by atoms with Gasteiger partial charge in [0.1, 0.15) is 0 Å². The van der Waals surface area contributed by atoms with Gasteiger partial charge >= 0.3 is 5.97 Å². The number of esters is 1. The van der Waals surface area contributed by atoms with E-state index in [1.807, 2.05) is 6.08 Å². The number of methoxy groups -OCH3 is 1. The number of hydrogen-bond acceptors (Lipinski definition) is 4. The first-order valence-electron chi connectivity index (χ1n) is 5.18. The van der Waals surface area contributed by atoms with Crippen molar-refractivity contribution >= 4 is 33.7 Å². The number of nitro groups is 1. The molecule has 0 aliphatic heterocycles. The van der Waals surface area contributed by atoms with Crippen molar-refractivity contribution in [3.63, 3.8) is 0 Å². The Balaban J connectivity index is 3.13. The Kier molecular flexibility index (Phi) is 5.51. The maximum atomic E-state index is 11.4. The van der Waals surface area contributed by atoms with E-state index in [1.165, 1.54) is 19.2 Å². The van der Waals surface area contributed by atoms with Crippen molar-refractivity contribution in [2.45, 2.75) is 6.42 Å². The van der Waals surface area contributed by atoms with Gasteiger partial charge in [-0.2, -0.15) is 0 Å². The molecule has 18 heavy (non-hydrogen) atoms. The highest BCUT2D eigenvalue weighted by Gasteiger charge is 2.13. The predicted molar refractivity (Wildman–Crippen MR) is 71.9 cm³/mol. The Morgan fingerprint density at radius 3 is 2.78 bits per heavy atom. The van der Waals surface area contributed by atoms with Crippen LogP contribution in [0.15, 0.2) is 24.3 Å². The van der Waals surface area contributed by atoms with Crippen LogP contribution in [0, 0.1) is 10.1 Å². The molecule has 0 atom stereocenters. The smallest absolute Gasteiger partial charge is 0.338 e. The zero-order valence-electron chi connectivity index (χ0n) is 9.76. The second kappa shape index (κ2) is 6.90. The summed E-state index contributed by atoms with van der Waals surface area (Å²) in [6.07, 6.45) is 4.41. The Morgan fingerprint density at radius 1 is 1.50 bits per heavy atom. The molecule has 1 aromatic carbocycles. The van der Waals surface area contributed by atoms with E-state index in [0.29, 0.717) is 5.56 Å². The molecule has 0 radical (unpaired) electrons. The number of alkyl halides is 1. The fourth-order valence-electron chi connectivity index (χ4n) is 1.35. The molecular weight excluding hydrogens is 302 g/mol. The number of benzene rings is 1. The highest BCUT2D eigenvalue weighted by Crippen LogP contribution is 2.19. The zero-order chi connectivity index (χ0) is 13.5. The van der Waals surface area contributed by atoms with Gasteiger partial charge in [0, 0.05) is 17.5 Å². The number of nitrogens with zero attached hydrogens (tertiary/aromatic N) is 1.